The second-order valence-corrected chi connectivity index (χ2v) is 9.94. The minimum absolute atomic E-state index is 0.364. The van der Waals surface area contributed by atoms with Gasteiger partial charge in [0.15, 0.2) is 34.7 Å². The first-order valence-corrected chi connectivity index (χ1v) is 13.1. The van der Waals surface area contributed by atoms with Gasteiger partial charge < -0.3 is 19.7 Å². The summed E-state index contributed by atoms with van der Waals surface area (Å²) in [6.45, 7) is 2.21. The Labute approximate surface area is 271 Å². The molecule has 2 heterocycles. The summed E-state index contributed by atoms with van der Waals surface area (Å²) in [6.07, 6.45) is -9.93. The monoisotopic (exact) mass is 734 g/mol. The molecule has 0 aliphatic heterocycles. The van der Waals surface area contributed by atoms with Crippen molar-refractivity contribution in [3.63, 3.8) is 0 Å². The first-order chi connectivity index (χ1) is 22.0. The summed E-state index contributed by atoms with van der Waals surface area (Å²) >= 11 is 10.8. The van der Waals surface area contributed by atoms with Crippen LogP contribution in [0.4, 0.5) is 43.9 Å². The number of rotatable bonds is 6. The molecule has 0 aliphatic rings. The number of aromatic nitrogens is 2. The van der Waals surface area contributed by atoms with Crippen molar-refractivity contribution >= 4 is 35.1 Å². The Morgan fingerprint density at radius 2 is 0.958 bits per heavy atom. The van der Waals surface area contributed by atoms with Crippen LogP contribution in [-0.4, -0.2) is 32.1 Å². The van der Waals surface area contributed by atoms with Gasteiger partial charge >= 0.3 is 24.3 Å². The highest BCUT2D eigenvalue weighted by Crippen LogP contribution is 2.39. The normalized spacial score (nSPS) is 11.5. The summed E-state index contributed by atoms with van der Waals surface area (Å²) in [5.41, 5.74) is -5.39. The van der Waals surface area contributed by atoms with Crippen LogP contribution in [0.5, 0.6) is 23.3 Å². The van der Waals surface area contributed by atoms with Crippen LogP contribution in [0.3, 0.4) is 0 Å². The van der Waals surface area contributed by atoms with E-state index in [1.54, 1.807) is 0 Å². The number of carbonyl (C=O) groups is 2. The number of halogens is 12. The number of nitrogens with zero attached hydrogens (tertiary/aromatic N) is 2. The fourth-order valence-corrected chi connectivity index (χ4v) is 4.02. The fourth-order valence-electron chi connectivity index (χ4n) is 3.50. The lowest BCUT2D eigenvalue weighted by Crippen LogP contribution is -2.12. The van der Waals surface area contributed by atoms with Crippen LogP contribution < -0.4 is 9.47 Å². The molecule has 4 aromatic rings. The molecular weight excluding hydrogens is 721 g/mol. The van der Waals surface area contributed by atoms with Crippen LogP contribution in [0.25, 0.3) is 0 Å². The van der Waals surface area contributed by atoms with Gasteiger partial charge in [-0.05, 0) is 50.2 Å². The fraction of sp³-hybridized carbons (Fsp3) is 0.143. The average Bonchev–Trinajstić information content (AvgIpc) is 2.97. The molecule has 2 aromatic carbocycles. The SMILES string of the molecule is Cc1c(Oc2nc(C(F)(F)F)c(Cl)cc2C(=O)O)ccc(F)c1F.Cc1c(Oc2nc(C(F)(F)F)c(Cl)cc2C(=O)O)ccc(F)c1F. The van der Waals surface area contributed by atoms with Gasteiger partial charge in [0.25, 0.3) is 0 Å². The number of pyridine rings is 2. The summed E-state index contributed by atoms with van der Waals surface area (Å²) in [7, 11) is 0. The van der Waals surface area contributed by atoms with Gasteiger partial charge in [0.2, 0.25) is 11.8 Å². The molecule has 0 fully saturated rings. The van der Waals surface area contributed by atoms with E-state index in [4.69, 9.17) is 42.9 Å². The van der Waals surface area contributed by atoms with Gasteiger partial charge in [-0.1, -0.05) is 23.2 Å². The standard InChI is InChI=1S/2C14H7ClF5NO3/c2*1-5-9(3-2-8(16)10(5)17)24-12-6(13(22)23)4-7(15)11(21-12)14(18,19)20/h2*2-4H,1H3,(H,22,23). The number of ether oxygens (including phenoxy) is 2. The molecule has 0 saturated heterocycles. The van der Waals surface area contributed by atoms with Gasteiger partial charge in [-0.3, -0.25) is 0 Å². The zero-order valence-electron chi connectivity index (χ0n) is 23.4. The maximum atomic E-state index is 13.5. The van der Waals surface area contributed by atoms with Crippen molar-refractivity contribution in [2.24, 2.45) is 0 Å². The molecule has 2 aromatic heterocycles. The Balaban J connectivity index is 0.000000260. The van der Waals surface area contributed by atoms with Crippen LogP contribution in [0.15, 0.2) is 36.4 Å². The smallest absolute Gasteiger partial charge is 0.434 e. The maximum absolute atomic E-state index is 13.5. The Hall–Kier alpha value is -4.84. The summed E-state index contributed by atoms with van der Waals surface area (Å²) in [5.74, 6) is -11.0. The van der Waals surface area contributed by atoms with Crippen LogP contribution >= 0.6 is 23.2 Å². The summed E-state index contributed by atoms with van der Waals surface area (Å²) in [5, 5.41) is 16.2. The molecule has 48 heavy (non-hydrogen) atoms. The lowest BCUT2D eigenvalue weighted by Gasteiger charge is -2.14. The molecule has 0 saturated carbocycles. The first kappa shape index (κ1) is 37.6. The number of hydrogen-bond donors (Lipinski definition) is 2. The topological polar surface area (TPSA) is 119 Å². The first-order valence-electron chi connectivity index (χ1n) is 12.3. The van der Waals surface area contributed by atoms with E-state index in [-0.39, 0.29) is 22.6 Å². The maximum Gasteiger partial charge on any atom is 0.434 e. The molecule has 0 aliphatic carbocycles. The minimum Gasteiger partial charge on any atom is -0.477 e. The third kappa shape index (κ3) is 8.35. The molecule has 20 heteroatoms. The van der Waals surface area contributed by atoms with Gasteiger partial charge in [-0.15, -0.1) is 0 Å². The Kier molecular flexibility index (Phi) is 11.1. The molecule has 0 radical (unpaired) electrons. The van der Waals surface area contributed by atoms with Crippen molar-refractivity contribution in [1.29, 1.82) is 0 Å². The molecule has 2 N–H and O–H groups in total. The number of aromatic carboxylic acids is 2. The van der Waals surface area contributed by atoms with Gasteiger partial charge in [-0.25, -0.2) is 37.1 Å². The van der Waals surface area contributed by atoms with Crippen molar-refractivity contribution in [3.05, 3.63) is 103 Å². The van der Waals surface area contributed by atoms with Gasteiger partial charge in [0.1, 0.15) is 22.6 Å². The van der Waals surface area contributed by atoms with Crippen LogP contribution in [0.2, 0.25) is 10.0 Å². The summed E-state index contributed by atoms with van der Waals surface area (Å²) < 4.78 is 140. The molecule has 0 atom stereocenters. The van der Waals surface area contributed by atoms with E-state index in [0.29, 0.717) is 24.3 Å². The van der Waals surface area contributed by atoms with E-state index < -0.39 is 91.9 Å². The molecule has 0 unspecified atom stereocenters. The third-order valence-corrected chi connectivity index (χ3v) is 6.45. The Bertz CT molecular complexity index is 1780. The number of hydrogen-bond acceptors (Lipinski definition) is 6. The van der Waals surface area contributed by atoms with Crippen LogP contribution in [0.1, 0.15) is 43.2 Å². The van der Waals surface area contributed by atoms with Crippen molar-refractivity contribution < 1.29 is 73.2 Å². The highest BCUT2D eigenvalue weighted by atomic mass is 35.5. The van der Waals surface area contributed by atoms with Gasteiger partial charge in [0, 0.05) is 11.1 Å². The van der Waals surface area contributed by atoms with Crippen molar-refractivity contribution in [1.82, 2.24) is 9.97 Å². The molecule has 0 bridgehead atoms. The van der Waals surface area contributed by atoms with E-state index in [1.807, 2.05) is 0 Å². The number of benzene rings is 2. The quantitative estimate of drug-likeness (QED) is 0.188. The average molecular weight is 735 g/mol. The highest BCUT2D eigenvalue weighted by Gasteiger charge is 2.38. The minimum atomic E-state index is -4.96. The predicted molar refractivity (Wildman–Crippen MR) is 145 cm³/mol. The molecule has 4 rings (SSSR count). The van der Waals surface area contributed by atoms with Crippen molar-refractivity contribution in [3.8, 4) is 23.3 Å². The van der Waals surface area contributed by atoms with E-state index in [0.717, 1.165) is 26.0 Å². The van der Waals surface area contributed by atoms with Crippen molar-refractivity contribution in [2.45, 2.75) is 26.2 Å². The molecule has 0 spiro atoms. The van der Waals surface area contributed by atoms with Crippen LogP contribution in [-0.2, 0) is 12.4 Å². The molecule has 0 amide bonds. The number of carboxylic acid groups (broad SMARTS) is 2. The van der Waals surface area contributed by atoms with E-state index >= 15 is 0 Å². The molecule has 8 nitrogen and oxygen atoms in total. The Morgan fingerprint density at radius 3 is 1.23 bits per heavy atom. The zero-order chi connectivity index (χ0) is 36.5. The number of carboxylic acids is 2. The highest BCUT2D eigenvalue weighted by molar-refractivity contribution is 6.32. The Morgan fingerprint density at radius 1 is 0.646 bits per heavy atom. The second kappa shape index (κ2) is 14.1. The molecule has 256 valence electrons. The molecular formula is C28H14Cl2F10N2O6. The largest absolute Gasteiger partial charge is 0.477 e. The second-order valence-electron chi connectivity index (χ2n) is 9.12. The van der Waals surface area contributed by atoms with Gasteiger partial charge in [-0.2, -0.15) is 26.3 Å². The summed E-state index contributed by atoms with van der Waals surface area (Å²) in [6, 6.07) is 4.26. The zero-order valence-corrected chi connectivity index (χ0v) is 24.9. The third-order valence-electron chi connectivity index (χ3n) is 5.87. The lowest BCUT2D eigenvalue weighted by atomic mass is 10.2. The van der Waals surface area contributed by atoms with E-state index in [2.05, 4.69) is 9.97 Å². The van der Waals surface area contributed by atoms with Crippen molar-refractivity contribution in [2.75, 3.05) is 0 Å². The lowest BCUT2D eigenvalue weighted by molar-refractivity contribution is -0.142. The summed E-state index contributed by atoms with van der Waals surface area (Å²) in [4.78, 5) is 28.4. The predicted octanol–water partition coefficient (Wildman–Crippen LogP) is 9.66. The van der Waals surface area contributed by atoms with E-state index in [1.165, 1.54) is 0 Å². The van der Waals surface area contributed by atoms with E-state index in [9.17, 15) is 53.5 Å². The van der Waals surface area contributed by atoms with Gasteiger partial charge in [0.05, 0.1) is 10.0 Å². The van der Waals surface area contributed by atoms with Crippen LogP contribution in [0, 0.1) is 37.1 Å². The number of alkyl halides is 6.